The van der Waals surface area contributed by atoms with E-state index in [1.165, 1.54) is 31.4 Å². The Morgan fingerprint density at radius 3 is 2.40 bits per heavy atom. The lowest BCUT2D eigenvalue weighted by Crippen LogP contribution is -2.30. The van der Waals surface area contributed by atoms with Gasteiger partial charge in [0, 0.05) is 24.2 Å². The van der Waals surface area contributed by atoms with E-state index in [1.54, 1.807) is 0 Å². The normalized spacial score (nSPS) is 16.0. The highest BCUT2D eigenvalue weighted by Gasteiger charge is 2.20. The smallest absolute Gasteiger partial charge is 0.280 e. The van der Waals surface area contributed by atoms with Crippen molar-refractivity contribution in [2.75, 3.05) is 0 Å². The third-order valence-electron chi connectivity index (χ3n) is 3.66. The minimum Gasteiger partial charge on any atom is -0.310 e. The summed E-state index contributed by atoms with van der Waals surface area (Å²) in [6.07, 6.45) is 5.78. The molecule has 0 spiro atoms. The number of hydrogen-bond acceptors (Lipinski definition) is 5. The van der Waals surface area contributed by atoms with Gasteiger partial charge < -0.3 is 5.32 Å². The second kappa shape index (κ2) is 6.42. The maximum Gasteiger partial charge on any atom is 0.280 e. The first kappa shape index (κ1) is 14.4. The van der Waals surface area contributed by atoms with E-state index in [0.717, 1.165) is 18.9 Å². The average Bonchev–Trinajstić information content (AvgIpc) is 2.45. The summed E-state index contributed by atoms with van der Waals surface area (Å²) in [6.45, 7) is 0.374. The number of hydrogen-bond donors (Lipinski definition) is 1. The van der Waals surface area contributed by atoms with Gasteiger partial charge in [-0.25, -0.2) is 0 Å². The first-order chi connectivity index (χ1) is 9.58. The molecule has 0 aromatic heterocycles. The van der Waals surface area contributed by atoms with E-state index in [-0.39, 0.29) is 11.4 Å². The Hall–Kier alpha value is -2.02. The van der Waals surface area contributed by atoms with Crippen LogP contribution in [-0.4, -0.2) is 15.9 Å². The van der Waals surface area contributed by atoms with Crippen molar-refractivity contribution in [3.05, 3.63) is 44.0 Å². The van der Waals surface area contributed by atoms with Crippen molar-refractivity contribution in [1.82, 2.24) is 5.32 Å². The van der Waals surface area contributed by atoms with E-state index in [4.69, 9.17) is 0 Å². The van der Waals surface area contributed by atoms with E-state index < -0.39 is 9.85 Å². The highest BCUT2D eigenvalue weighted by molar-refractivity contribution is 5.49. The fourth-order valence-corrected chi connectivity index (χ4v) is 2.55. The van der Waals surface area contributed by atoms with Crippen LogP contribution in [0.15, 0.2) is 18.2 Å². The summed E-state index contributed by atoms with van der Waals surface area (Å²) in [7, 11) is 0. The molecular weight excluding hydrogens is 262 g/mol. The Morgan fingerprint density at radius 1 is 1.10 bits per heavy atom. The Morgan fingerprint density at radius 2 is 1.80 bits per heavy atom. The monoisotopic (exact) mass is 279 g/mol. The number of nitrogens with one attached hydrogen (secondary N) is 1. The molecule has 1 saturated carbocycles. The molecule has 1 aromatic carbocycles. The molecule has 0 heterocycles. The molecule has 1 aromatic rings. The summed E-state index contributed by atoms with van der Waals surface area (Å²) >= 11 is 0. The second-order valence-electron chi connectivity index (χ2n) is 5.04. The summed E-state index contributed by atoms with van der Waals surface area (Å²) in [6, 6.07) is 4.19. The Kier molecular flexibility index (Phi) is 4.62. The van der Waals surface area contributed by atoms with Crippen molar-refractivity contribution in [2.45, 2.75) is 44.7 Å². The Balaban J connectivity index is 2.09. The van der Waals surface area contributed by atoms with Gasteiger partial charge in [-0.15, -0.1) is 0 Å². The van der Waals surface area contributed by atoms with Crippen LogP contribution in [0.3, 0.4) is 0 Å². The molecule has 2 rings (SSSR count). The summed E-state index contributed by atoms with van der Waals surface area (Å²) in [4.78, 5) is 20.5. The molecule has 0 aliphatic heterocycles. The van der Waals surface area contributed by atoms with Gasteiger partial charge in [0.2, 0.25) is 0 Å². The van der Waals surface area contributed by atoms with E-state index in [9.17, 15) is 20.2 Å². The van der Waals surface area contributed by atoms with E-state index in [2.05, 4.69) is 5.32 Å². The average molecular weight is 279 g/mol. The molecule has 108 valence electrons. The predicted molar refractivity (Wildman–Crippen MR) is 73.5 cm³/mol. The van der Waals surface area contributed by atoms with Gasteiger partial charge in [0.05, 0.1) is 15.9 Å². The van der Waals surface area contributed by atoms with Gasteiger partial charge in [-0.1, -0.05) is 19.3 Å². The number of rotatable bonds is 5. The molecule has 0 bridgehead atoms. The maximum absolute atomic E-state index is 11.0. The predicted octanol–water partition coefficient (Wildman–Crippen LogP) is 2.93. The van der Waals surface area contributed by atoms with Gasteiger partial charge in [-0.2, -0.15) is 0 Å². The van der Waals surface area contributed by atoms with Crippen LogP contribution in [0.25, 0.3) is 0 Å². The molecule has 1 N–H and O–H groups in total. The Labute approximate surface area is 116 Å². The minimum absolute atomic E-state index is 0.192. The van der Waals surface area contributed by atoms with Crippen molar-refractivity contribution in [3.8, 4) is 0 Å². The van der Waals surface area contributed by atoms with Crippen LogP contribution in [0.1, 0.15) is 37.7 Å². The molecule has 0 amide bonds. The largest absolute Gasteiger partial charge is 0.310 e. The molecule has 0 saturated heterocycles. The number of nitro groups is 2. The van der Waals surface area contributed by atoms with E-state index in [1.807, 2.05) is 0 Å². The molecular formula is C13H17N3O4. The molecule has 1 aliphatic carbocycles. The molecule has 1 aliphatic rings. The third kappa shape index (κ3) is 3.51. The van der Waals surface area contributed by atoms with Crippen LogP contribution in [-0.2, 0) is 6.54 Å². The minimum atomic E-state index is -0.620. The molecule has 0 atom stereocenters. The molecule has 0 unspecified atom stereocenters. The Bertz CT molecular complexity index is 512. The standard InChI is InChI=1S/C13H17N3O4/c17-15(18)12-7-6-10(13(8-12)16(19)20)9-14-11-4-2-1-3-5-11/h6-8,11,14H,1-5,9H2. The van der Waals surface area contributed by atoms with Crippen LogP contribution in [0.2, 0.25) is 0 Å². The van der Waals surface area contributed by atoms with Crippen molar-refractivity contribution in [2.24, 2.45) is 0 Å². The van der Waals surface area contributed by atoms with Crippen molar-refractivity contribution in [3.63, 3.8) is 0 Å². The maximum atomic E-state index is 11.0. The summed E-state index contributed by atoms with van der Waals surface area (Å²) in [5.41, 5.74) is 0.0480. The molecule has 7 nitrogen and oxygen atoms in total. The number of non-ortho nitro benzene ring substituents is 1. The van der Waals surface area contributed by atoms with Gasteiger partial charge in [-0.05, 0) is 18.9 Å². The molecule has 20 heavy (non-hydrogen) atoms. The van der Waals surface area contributed by atoms with Crippen LogP contribution in [0.5, 0.6) is 0 Å². The van der Waals surface area contributed by atoms with Crippen LogP contribution >= 0.6 is 0 Å². The lowest BCUT2D eigenvalue weighted by atomic mass is 9.95. The fourth-order valence-electron chi connectivity index (χ4n) is 2.55. The highest BCUT2D eigenvalue weighted by atomic mass is 16.6. The first-order valence-electron chi connectivity index (χ1n) is 6.73. The lowest BCUT2D eigenvalue weighted by Gasteiger charge is -2.22. The fraction of sp³-hybridized carbons (Fsp3) is 0.538. The van der Waals surface area contributed by atoms with Gasteiger partial charge in [0.25, 0.3) is 11.4 Å². The highest BCUT2D eigenvalue weighted by Crippen LogP contribution is 2.25. The van der Waals surface area contributed by atoms with Gasteiger partial charge in [0.15, 0.2) is 0 Å². The van der Waals surface area contributed by atoms with Gasteiger partial charge in [-0.3, -0.25) is 20.2 Å². The summed E-state index contributed by atoms with van der Waals surface area (Å²) < 4.78 is 0. The van der Waals surface area contributed by atoms with Crippen molar-refractivity contribution >= 4 is 11.4 Å². The molecule has 7 heteroatoms. The topological polar surface area (TPSA) is 98.3 Å². The number of nitrogens with zero attached hydrogens (tertiary/aromatic N) is 2. The van der Waals surface area contributed by atoms with Gasteiger partial charge >= 0.3 is 0 Å². The SMILES string of the molecule is O=[N+]([O-])c1ccc(CNC2CCCCC2)c([N+](=O)[O-])c1. The quantitative estimate of drug-likeness (QED) is 0.660. The number of nitro benzene ring substituents is 2. The van der Waals surface area contributed by atoms with Crippen LogP contribution in [0, 0.1) is 20.2 Å². The zero-order valence-corrected chi connectivity index (χ0v) is 11.1. The lowest BCUT2D eigenvalue weighted by molar-refractivity contribution is -0.394. The van der Waals surface area contributed by atoms with Crippen molar-refractivity contribution < 1.29 is 9.85 Å². The van der Waals surface area contributed by atoms with E-state index in [0.29, 0.717) is 18.2 Å². The molecule has 1 fully saturated rings. The molecule has 0 radical (unpaired) electrons. The summed E-state index contributed by atoms with van der Waals surface area (Å²) in [5.74, 6) is 0. The second-order valence-corrected chi connectivity index (χ2v) is 5.04. The first-order valence-corrected chi connectivity index (χ1v) is 6.73. The number of benzene rings is 1. The van der Waals surface area contributed by atoms with Crippen LogP contribution < -0.4 is 5.32 Å². The zero-order valence-electron chi connectivity index (χ0n) is 11.1. The summed E-state index contributed by atoms with van der Waals surface area (Å²) in [5, 5.41) is 25.0. The van der Waals surface area contributed by atoms with Gasteiger partial charge in [0.1, 0.15) is 0 Å². The zero-order chi connectivity index (χ0) is 14.5. The van der Waals surface area contributed by atoms with Crippen LogP contribution in [0.4, 0.5) is 11.4 Å². The van der Waals surface area contributed by atoms with E-state index >= 15 is 0 Å². The van der Waals surface area contributed by atoms with Crippen molar-refractivity contribution in [1.29, 1.82) is 0 Å². The third-order valence-corrected chi connectivity index (χ3v) is 3.66.